The molecule has 0 aliphatic rings. The third kappa shape index (κ3) is 4.31. The summed E-state index contributed by atoms with van der Waals surface area (Å²) >= 11 is 0. The lowest BCUT2D eigenvalue weighted by molar-refractivity contribution is 0.247. The number of hydrogen-bond donors (Lipinski definition) is 0. The first-order valence-electron chi connectivity index (χ1n) is 8.20. The molecule has 0 radical (unpaired) electrons. The van der Waals surface area contributed by atoms with Crippen LogP contribution in [0.2, 0.25) is 0 Å². The Labute approximate surface area is 134 Å². The van der Waals surface area contributed by atoms with Crippen LogP contribution in [0.25, 0.3) is 0 Å². The van der Waals surface area contributed by atoms with E-state index in [4.69, 9.17) is 1.37 Å². The molecule has 1 heteroatoms. The quantitative estimate of drug-likeness (QED) is 0.624. The Morgan fingerprint density at radius 3 is 1.32 bits per heavy atom. The first-order chi connectivity index (χ1) is 11.3. The van der Waals surface area contributed by atoms with Crippen molar-refractivity contribution in [2.45, 2.75) is 19.6 Å². The van der Waals surface area contributed by atoms with Crippen LogP contribution in [0.1, 0.15) is 18.1 Å². The van der Waals surface area contributed by atoms with Gasteiger partial charge in [0.1, 0.15) is 0 Å². The molecule has 0 spiro atoms. The predicted molar refractivity (Wildman–Crippen MR) is 92.3 cm³/mol. The fourth-order valence-corrected chi connectivity index (χ4v) is 2.53. The Morgan fingerprint density at radius 2 is 0.909 bits per heavy atom. The molecule has 0 N–H and O–H groups in total. The van der Waals surface area contributed by atoms with Gasteiger partial charge < -0.3 is 0 Å². The van der Waals surface area contributed by atoms with Crippen LogP contribution < -0.4 is 0 Å². The Kier molecular flexibility index (Phi) is 4.58. The van der Waals surface area contributed by atoms with Gasteiger partial charge in [0.25, 0.3) is 0 Å². The minimum atomic E-state index is -0.378. The SMILES string of the molecule is [2H]C(c1ccccc1)N(Cc1ccccc1)Cc1ccccc1. The molecule has 3 rings (SSSR count). The van der Waals surface area contributed by atoms with Gasteiger partial charge in [0.2, 0.25) is 0 Å². The van der Waals surface area contributed by atoms with E-state index >= 15 is 0 Å². The minimum Gasteiger partial charge on any atom is -0.291 e. The van der Waals surface area contributed by atoms with Crippen LogP contribution in [-0.4, -0.2) is 4.90 Å². The van der Waals surface area contributed by atoms with Crippen LogP contribution in [0.15, 0.2) is 91.0 Å². The zero-order valence-corrected chi connectivity index (χ0v) is 12.6. The summed E-state index contributed by atoms with van der Waals surface area (Å²) in [5.74, 6) is 0. The standard InChI is InChI=1S/C21H21N/c1-4-10-19(11-5-1)16-22(17-20-12-6-2-7-13-20)18-21-14-8-3-9-15-21/h1-15H,16-18H2/i16D. The summed E-state index contributed by atoms with van der Waals surface area (Å²) in [6.07, 6.45) is 0. The predicted octanol–water partition coefficient (Wildman–Crippen LogP) is 4.89. The number of hydrogen-bond acceptors (Lipinski definition) is 1. The number of rotatable bonds is 6. The molecule has 0 heterocycles. The molecule has 1 atom stereocenters. The lowest BCUT2D eigenvalue weighted by Gasteiger charge is -2.23. The molecule has 0 saturated carbocycles. The van der Waals surface area contributed by atoms with E-state index in [0.29, 0.717) is 0 Å². The molecule has 110 valence electrons. The van der Waals surface area contributed by atoms with Gasteiger partial charge in [-0.3, -0.25) is 4.90 Å². The van der Waals surface area contributed by atoms with Gasteiger partial charge in [-0.15, -0.1) is 0 Å². The molecule has 3 aromatic rings. The summed E-state index contributed by atoms with van der Waals surface area (Å²) in [7, 11) is 0. The van der Waals surface area contributed by atoms with E-state index in [-0.39, 0.29) is 6.52 Å². The highest BCUT2D eigenvalue weighted by Gasteiger charge is 2.08. The van der Waals surface area contributed by atoms with Gasteiger partial charge in [0.05, 0.1) is 0 Å². The summed E-state index contributed by atoms with van der Waals surface area (Å²) in [5.41, 5.74) is 3.49. The van der Waals surface area contributed by atoms with Crippen molar-refractivity contribution in [3.05, 3.63) is 108 Å². The third-order valence-corrected chi connectivity index (χ3v) is 3.59. The molecule has 0 aliphatic heterocycles. The van der Waals surface area contributed by atoms with Crippen molar-refractivity contribution >= 4 is 0 Å². The summed E-state index contributed by atoms with van der Waals surface area (Å²) in [5, 5.41) is 0. The molecule has 0 saturated heterocycles. The smallest absolute Gasteiger partial charge is 0.0482 e. The van der Waals surface area contributed by atoms with E-state index < -0.39 is 0 Å². The zero-order chi connectivity index (χ0) is 15.9. The van der Waals surface area contributed by atoms with Crippen molar-refractivity contribution in [2.75, 3.05) is 0 Å². The fraction of sp³-hybridized carbons (Fsp3) is 0.143. The lowest BCUT2D eigenvalue weighted by Crippen LogP contribution is -2.22. The first-order valence-corrected chi connectivity index (χ1v) is 7.62. The summed E-state index contributed by atoms with van der Waals surface area (Å²) in [4.78, 5) is 2.19. The largest absolute Gasteiger partial charge is 0.291 e. The maximum atomic E-state index is 8.69. The molecule has 1 nitrogen and oxygen atoms in total. The van der Waals surface area contributed by atoms with Gasteiger partial charge in [-0.25, -0.2) is 0 Å². The van der Waals surface area contributed by atoms with Gasteiger partial charge in [0, 0.05) is 21.0 Å². The van der Waals surface area contributed by atoms with Crippen LogP contribution in [0, 0.1) is 0 Å². The van der Waals surface area contributed by atoms with Crippen molar-refractivity contribution in [1.82, 2.24) is 4.90 Å². The summed E-state index contributed by atoms with van der Waals surface area (Å²) in [6, 6.07) is 30.8. The molecule has 0 aliphatic carbocycles. The highest BCUT2D eigenvalue weighted by molar-refractivity contribution is 5.19. The van der Waals surface area contributed by atoms with Crippen molar-refractivity contribution in [3.8, 4) is 0 Å². The van der Waals surface area contributed by atoms with Gasteiger partial charge in [0.15, 0.2) is 0 Å². The molecule has 0 amide bonds. The minimum absolute atomic E-state index is 0.378. The van der Waals surface area contributed by atoms with Gasteiger partial charge in [-0.2, -0.15) is 0 Å². The van der Waals surface area contributed by atoms with Crippen LogP contribution >= 0.6 is 0 Å². The summed E-state index contributed by atoms with van der Waals surface area (Å²) < 4.78 is 8.69. The van der Waals surface area contributed by atoms with E-state index in [1.54, 1.807) is 0 Å². The van der Waals surface area contributed by atoms with Crippen LogP contribution in [0.3, 0.4) is 0 Å². The Bertz CT molecular complexity index is 656. The van der Waals surface area contributed by atoms with Gasteiger partial charge in [-0.05, 0) is 16.7 Å². The van der Waals surface area contributed by atoms with E-state index in [1.807, 2.05) is 42.5 Å². The first kappa shape index (κ1) is 13.3. The fourth-order valence-electron chi connectivity index (χ4n) is 2.53. The Balaban J connectivity index is 1.83. The normalized spacial score (nSPS) is 12.9. The average molecular weight is 288 g/mol. The van der Waals surface area contributed by atoms with Crippen molar-refractivity contribution in [1.29, 1.82) is 0 Å². The molecule has 0 bridgehead atoms. The zero-order valence-electron chi connectivity index (χ0n) is 13.6. The second-order valence-corrected chi connectivity index (χ2v) is 5.42. The molecule has 1 unspecified atom stereocenters. The van der Waals surface area contributed by atoms with E-state index in [9.17, 15) is 0 Å². The maximum absolute atomic E-state index is 8.69. The van der Waals surface area contributed by atoms with E-state index in [1.165, 1.54) is 11.1 Å². The Morgan fingerprint density at radius 1 is 0.545 bits per heavy atom. The molecular formula is C21H21N. The second kappa shape index (κ2) is 7.58. The van der Waals surface area contributed by atoms with E-state index in [0.717, 1.165) is 18.7 Å². The van der Waals surface area contributed by atoms with E-state index in [2.05, 4.69) is 53.4 Å². The Hall–Kier alpha value is -2.38. The maximum Gasteiger partial charge on any atom is 0.0482 e. The summed E-state index contributed by atoms with van der Waals surface area (Å²) in [6.45, 7) is 1.15. The monoisotopic (exact) mass is 288 g/mol. The van der Waals surface area contributed by atoms with Crippen LogP contribution in [0.4, 0.5) is 0 Å². The highest BCUT2D eigenvalue weighted by atomic mass is 15.1. The van der Waals surface area contributed by atoms with Crippen molar-refractivity contribution in [3.63, 3.8) is 0 Å². The second-order valence-electron chi connectivity index (χ2n) is 5.42. The molecule has 3 aromatic carbocycles. The molecule has 0 fully saturated rings. The average Bonchev–Trinajstić information content (AvgIpc) is 2.63. The third-order valence-electron chi connectivity index (χ3n) is 3.59. The highest BCUT2D eigenvalue weighted by Crippen LogP contribution is 2.14. The van der Waals surface area contributed by atoms with Gasteiger partial charge in [-0.1, -0.05) is 91.0 Å². The lowest BCUT2D eigenvalue weighted by atomic mass is 10.1. The molecule has 0 aromatic heterocycles. The van der Waals surface area contributed by atoms with Crippen LogP contribution in [0.5, 0.6) is 0 Å². The van der Waals surface area contributed by atoms with Crippen molar-refractivity contribution in [2.24, 2.45) is 0 Å². The molecular weight excluding hydrogens is 266 g/mol. The topological polar surface area (TPSA) is 3.24 Å². The molecule has 22 heavy (non-hydrogen) atoms. The number of benzene rings is 3. The van der Waals surface area contributed by atoms with Crippen LogP contribution in [-0.2, 0) is 19.6 Å². The van der Waals surface area contributed by atoms with Crippen molar-refractivity contribution < 1.29 is 1.37 Å². The van der Waals surface area contributed by atoms with Gasteiger partial charge >= 0.3 is 0 Å². The number of nitrogens with zero attached hydrogens (tertiary/aromatic N) is 1.